The number of carbonyl (C=O) groups excluding carboxylic acids is 3. The van der Waals surface area contributed by atoms with Crippen molar-refractivity contribution >= 4 is 26.4 Å². The number of halogens is 2. The molecule has 5 atom stereocenters. The standard InChI is InChI=1S/C38H52F2N2O7Si/c1-10-16-46-30-22-32(41(23-30)35(44)48-37(2,3)4)33(49-50(8,9)38(5,6)7)31(20-26-17-27(39)21-28(40)18-26)34(43)42-29(24-47-36(42)45)19-25-14-12-11-13-15-25/h10-15,17-18,21,29-33H,1,16,19-20,22-24H2,2-9H3/t29-,30?,31-,32?,33-/m0/s1. The lowest BCUT2D eigenvalue weighted by Crippen LogP contribution is -2.58. The van der Waals surface area contributed by atoms with Crippen LogP contribution in [0.1, 0.15) is 59.1 Å². The summed E-state index contributed by atoms with van der Waals surface area (Å²) in [5.41, 5.74) is 0.286. The first-order chi connectivity index (χ1) is 23.3. The molecule has 4 rings (SSSR count). The van der Waals surface area contributed by atoms with Crippen molar-refractivity contribution in [2.75, 3.05) is 19.8 Å². The van der Waals surface area contributed by atoms with E-state index in [1.165, 1.54) is 17.0 Å². The molecule has 9 nitrogen and oxygen atoms in total. The third-order valence-electron chi connectivity index (χ3n) is 9.60. The molecule has 0 radical (unpaired) electrons. The molecular weight excluding hydrogens is 663 g/mol. The van der Waals surface area contributed by atoms with Gasteiger partial charge in [0.15, 0.2) is 8.32 Å². The summed E-state index contributed by atoms with van der Waals surface area (Å²) in [6, 6.07) is 11.2. The van der Waals surface area contributed by atoms with Gasteiger partial charge >= 0.3 is 12.2 Å². The van der Waals surface area contributed by atoms with E-state index >= 15 is 4.79 Å². The minimum atomic E-state index is -2.75. The van der Waals surface area contributed by atoms with Gasteiger partial charge in [-0.25, -0.2) is 23.3 Å². The van der Waals surface area contributed by atoms with Crippen LogP contribution in [0.5, 0.6) is 0 Å². The van der Waals surface area contributed by atoms with Crippen LogP contribution in [0.2, 0.25) is 18.1 Å². The molecule has 50 heavy (non-hydrogen) atoms. The van der Waals surface area contributed by atoms with Gasteiger partial charge in [-0.15, -0.1) is 6.58 Å². The Morgan fingerprint density at radius 1 is 1.04 bits per heavy atom. The molecule has 2 aromatic carbocycles. The Balaban J connectivity index is 1.87. The van der Waals surface area contributed by atoms with E-state index in [1.54, 1.807) is 26.8 Å². The topological polar surface area (TPSA) is 94.6 Å². The van der Waals surface area contributed by atoms with Crippen LogP contribution in [0.15, 0.2) is 61.2 Å². The number of hydrogen-bond donors (Lipinski definition) is 0. The average molecular weight is 715 g/mol. The van der Waals surface area contributed by atoms with Gasteiger partial charge in [-0.2, -0.15) is 0 Å². The number of likely N-dealkylation sites (tertiary alicyclic amines) is 1. The molecular formula is C38H52F2N2O7Si. The number of amides is 3. The molecule has 2 unspecified atom stereocenters. The van der Waals surface area contributed by atoms with Crippen molar-refractivity contribution in [3.8, 4) is 0 Å². The molecule has 2 aliphatic rings. The smallest absolute Gasteiger partial charge is 0.416 e. The van der Waals surface area contributed by atoms with E-state index in [9.17, 15) is 18.4 Å². The van der Waals surface area contributed by atoms with Crippen LogP contribution in [-0.4, -0.2) is 85.9 Å². The molecule has 2 saturated heterocycles. The van der Waals surface area contributed by atoms with Gasteiger partial charge in [-0.3, -0.25) is 9.69 Å². The van der Waals surface area contributed by atoms with E-state index in [4.69, 9.17) is 18.6 Å². The Labute approximate surface area is 296 Å². The second kappa shape index (κ2) is 15.7. The molecule has 0 aliphatic carbocycles. The molecule has 0 spiro atoms. The lowest BCUT2D eigenvalue weighted by Gasteiger charge is -2.45. The van der Waals surface area contributed by atoms with Crippen molar-refractivity contribution in [3.63, 3.8) is 0 Å². The number of cyclic esters (lactones) is 1. The van der Waals surface area contributed by atoms with Crippen LogP contribution < -0.4 is 0 Å². The van der Waals surface area contributed by atoms with E-state index in [0.717, 1.165) is 16.5 Å². The molecule has 0 aromatic heterocycles. The lowest BCUT2D eigenvalue weighted by atomic mass is 9.87. The Bertz CT molecular complexity index is 1500. The van der Waals surface area contributed by atoms with E-state index in [-0.39, 0.29) is 43.2 Å². The van der Waals surface area contributed by atoms with Crippen molar-refractivity contribution < 1.29 is 41.8 Å². The molecule has 0 N–H and O–H groups in total. The van der Waals surface area contributed by atoms with Gasteiger partial charge in [-0.05, 0) is 81.4 Å². The molecule has 2 heterocycles. The molecule has 12 heteroatoms. The summed E-state index contributed by atoms with van der Waals surface area (Å²) >= 11 is 0. The van der Waals surface area contributed by atoms with Gasteiger partial charge in [0.05, 0.1) is 43.4 Å². The highest BCUT2D eigenvalue weighted by molar-refractivity contribution is 6.74. The van der Waals surface area contributed by atoms with Crippen molar-refractivity contribution in [1.82, 2.24) is 9.80 Å². The molecule has 0 saturated carbocycles. The Morgan fingerprint density at radius 3 is 2.26 bits per heavy atom. The zero-order chi connectivity index (χ0) is 37.0. The van der Waals surface area contributed by atoms with Crippen LogP contribution >= 0.6 is 0 Å². The van der Waals surface area contributed by atoms with Crippen molar-refractivity contribution in [2.45, 2.75) is 109 Å². The molecule has 2 aromatic rings. The zero-order valence-corrected chi connectivity index (χ0v) is 31.5. The predicted molar refractivity (Wildman–Crippen MR) is 189 cm³/mol. The largest absolute Gasteiger partial charge is 0.447 e. The quantitative estimate of drug-likeness (QED) is 0.164. The van der Waals surface area contributed by atoms with Crippen LogP contribution in [0, 0.1) is 17.6 Å². The maximum absolute atomic E-state index is 15.0. The summed E-state index contributed by atoms with van der Waals surface area (Å²) in [4.78, 5) is 44.9. The van der Waals surface area contributed by atoms with Crippen molar-refractivity contribution in [1.29, 1.82) is 0 Å². The normalized spacial score (nSPS) is 21.2. The number of rotatable bonds is 12. The van der Waals surface area contributed by atoms with Crippen LogP contribution in [0.4, 0.5) is 18.4 Å². The first kappa shape index (κ1) is 39.2. The van der Waals surface area contributed by atoms with Gasteiger partial charge in [0.1, 0.15) is 23.8 Å². The summed E-state index contributed by atoms with van der Waals surface area (Å²) in [5.74, 6) is -3.38. The third kappa shape index (κ3) is 9.79. The van der Waals surface area contributed by atoms with Gasteiger partial charge in [0, 0.05) is 6.07 Å². The number of ether oxygens (including phenoxy) is 3. The monoisotopic (exact) mass is 714 g/mol. The Kier molecular flexibility index (Phi) is 12.3. The van der Waals surface area contributed by atoms with Gasteiger partial charge in [-0.1, -0.05) is 57.2 Å². The van der Waals surface area contributed by atoms with Crippen molar-refractivity contribution in [3.05, 3.63) is 83.9 Å². The molecule has 2 fully saturated rings. The predicted octanol–water partition coefficient (Wildman–Crippen LogP) is 7.68. The van der Waals surface area contributed by atoms with Crippen molar-refractivity contribution in [2.24, 2.45) is 5.92 Å². The van der Waals surface area contributed by atoms with Gasteiger partial charge in [0.25, 0.3) is 0 Å². The highest BCUT2D eigenvalue weighted by Gasteiger charge is 2.53. The SMILES string of the molecule is C=CCOC1CC([C@@H](O[Si](C)(C)C(C)(C)C)[C@H](Cc2cc(F)cc(F)c2)C(=O)N2C(=O)OC[C@@H]2Cc2ccccc2)N(C(=O)OC(C)(C)C)C1. The van der Waals surface area contributed by atoms with Crippen LogP contribution in [0.25, 0.3) is 0 Å². The van der Waals surface area contributed by atoms with Gasteiger partial charge in [0.2, 0.25) is 5.91 Å². The maximum atomic E-state index is 15.0. The summed E-state index contributed by atoms with van der Waals surface area (Å²) in [6.45, 7) is 19.7. The molecule has 3 amide bonds. The Morgan fingerprint density at radius 2 is 1.68 bits per heavy atom. The summed E-state index contributed by atoms with van der Waals surface area (Å²) < 4.78 is 53.8. The zero-order valence-electron chi connectivity index (χ0n) is 30.5. The van der Waals surface area contributed by atoms with Crippen LogP contribution in [0.3, 0.4) is 0 Å². The first-order valence-electron chi connectivity index (χ1n) is 17.2. The number of imide groups is 1. The fourth-order valence-corrected chi connectivity index (χ4v) is 7.57. The molecule has 274 valence electrons. The number of nitrogens with zero attached hydrogens (tertiary/aromatic N) is 2. The second-order valence-electron chi connectivity index (χ2n) is 15.7. The number of benzene rings is 2. The minimum Gasteiger partial charge on any atom is -0.447 e. The first-order valence-corrected chi connectivity index (χ1v) is 20.1. The second-order valence-corrected chi connectivity index (χ2v) is 20.5. The number of carbonyl (C=O) groups is 3. The number of hydrogen-bond acceptors (Lipinski definition) is 7. The van der Waals surface area contributed by atoms with E-state index < -0.39 is 73.9 Å². The summed E-state index contributed by atoms with van der Waals surface area (Å²) in [7, 11) is -2.75. The highest BCUT2D eigenvalue weighted by Crippen LogP contribution is 2.42. The molecule has 2 aliphatic heterocycles. The van der Waals surface area contributed by atoms with Gasteiger partial charge < -0.3 is 18.6 Å². The minimum absolute atomic E-state index is 0.0144. The van der Waals surface area contributed by atoms with E-state index in [2.05, 4.69) is 27.4 Å². The van der Waals surface area contributed by atoms with E-state index in [0.29, 0.717) is 6.42 Å². The average Bonchev–Trinajstić information content (AvgIpc) is 3.59. The lowest BCUT2D eigenvalue weighted by molar-refractivity contribution is -0.138. The molecule has 0 bridgehead atoms. The fraction of sp³-hybridized carbons (Fsp3) is 0.553. The fourth-order valence-electron chi connectivity index (χ4n) is 6.21. The van der Waals surface area contributed by atoms with E-state index in [1.807, 2.05) is 43.4 Å². The third-order valence-corrected chi connectivity index (χ3v) is 14.1. The maximum Gasteiger partial charge on any atom is 0.416 e. The summed E-state index contributed by atoms with van der Waals surface area (Å²) in [6.07, 6.45) is -0.811. The van der Waals surface area contributed by atoms with Crippen LogP contribution in [-0.2, 0) is 36.3 Å². The highest BCUT2D eigenvalue weighted by atomic mass is 28.4. The Hall–Kier alpha value is -3.61. The summed E-state index contributed by atoms with van der Waals surface area (Å²) in [5, 5.41) is -0.333.